The van der Waals surface area contributed by atoms with Gasteiger partial charge in [0.2, 0.25) is 5.79 Å². The van der Waals surface area contributed by atoms with Crippen molar-refractivity contribution < 1.29 is 28.5 Å². The molecule has 7 heteroatoms. The molecular weight excluding hydrogens is 398 g/mol. The lowest BCUT2D eigenvalue weighted by atomic mass is 9.98. The first kappa shape index (κ1) is 22.5. The quantitative estimate of drug-likeness (QED) is 0.677. The zero-order valence-electron chi connectivity index (χ0n) is 18.8. The van der Waals surface area contributed by atoms with Crippen LogP contribution in [0.15, 0.2) is 48.2 Å². The Balaban J connectivity index is 1.92. The summed E-state index contributed by atoms with van der Waals surface area (Å²) in [6, 6.07) is 11.2. The third-order valence-corrected chi connectivity index (χ3v) is 4.57. The van der Waals surface area contributed by atoms with Crippen molar-refractivity contribution in [3.05, 3.63) is 53.8 Å². The Morgan fingerprint density at radius 1 is 1.10 bits per heavy atom. The van der Waals surface area contributed by atoms with Crippen molar-refractivity contribution in [3.63, 3.8) is 0 Å². The highest BCUT2D eigenvalue weighted by molar-refractivity contribution is 5.85. The largest absolute Gasteiger partial charge is 0.497 e. The van der Waals surface area contributed by atoms with Crippen LogP contribution in [0.5, 0.6) is 5.75 Å². The van der Waals surface area contributed by atoms with Gasteiger partial charge in [0.15, 0.2) is 0 Å². The number of nitrogens with one attached hydrogen (secondary N) is 1. The summed E-state index contributed by atoms with van der Waals surface area (Å²) in [5.74, 6) is -0.354. The van der Waals surface area contributed by atoms with Crippen molar-refractivity contribution in [2.75, 3.05) is 7.11 Å². The number of amides is 1. The maximum absolute atomic E-state index is 12.5. The lowest BCUT2D eigenvalue weighted by molar-refractivity contribution is -0.206. The van der Waals surface area contributed by atoms with E-state index in [4.69, 9.17) is 18.9 Å². The van der Waals surface area contributed by atoms with E-state index in [1.165, 1.54) is 6.08 Å². The number of hydrogen-bond acceptors (Lipinski definition) is 6. The SMILES string of the molecule is COc1ccc2cc([C@@H](CC3=CC(=O)OC(C)(C)O3)NC(=O)OC(C)(C)C)ccc2c1. The summed E-state index contributed by atoms with van der Waals surface area (Å²) in [7, 11) is 1.63. The molecule has 0 spiro atoms. The van der Waals surface area contributed by atoms with Crippen LogP contribution in [-0.2, 0) is 19.0 Å². The molecule has 2 aromatic carbocycles. The van der Waals surface area contributed by atoms with Crippen LogP contribution in [-0.4, -0.2) is 30.6 Å². The fraction of sp³-hybridized carbons (Fsp3) is 0.417. The van der Waals surface area contributed by atoms with E-state index >= 15 is 0 Å². The van der Waals surface area contributed by atoms with Crippen LogP contribution in [0, 0.1) is 0 Å². The minimum atomic E-state index is -1.07. The number of benzene rings is 2. The van der Waals surface area contributed by atoms with E-state index in [9.17, 15) is 9.59 Å². The van der Waals surface area contributed by atoms with Gasteiger partial charge in [0, 0.05) is 20.3 Å². The molecule has 2 aromatic rings. The fourth-order valence-corrected chi connectivity index (χ4v) is 3.36. The Labute approximate surface area is 182 Å². The van der Waals surface area contributed by atoms with E-state index in [1.54, 1.807) is 41.7 Å². The number of cyclic esters (lactones) is 1. The summed E-state index contributed by atoms with van der Waals surface area (Å²) < 4.78 is 21.7. The van der Waals surface area contributed by atoms with Gasteiger partial charge in [-0.2, -0.15) is 0 Å². The highest BCUT2D eigenvalue weighted by atomic mass is 16.7. The monoisotopic (exact) mass is 427 g/mol. The first-order valence-electron chi connectivity index (χ1n) is 10.1. The van der Waals surface area contributed by atoms with Gasteiger partial charge >= 0.3 is 12.1 Å². The van der Waals surface area contributed by atoms with Gasteiger partial charge < -0.3 is 24.3 Å². The molecule has 1 amide bonds. The normalized spacial score (nSPS) is 16.6. The zero-order chi connectivity index (χ0) is 22.8. The predicted molar refractivity (Wildman–Crippen MR) is 117 cm³/mol. The topological polar surface area (TPSA) is 83.1 Å². The molecule has 3 rings (SSSR count). The van der Waals surface area contributed by atoms with Crippen molar-refractivity contribution in [2.45, 2.75) is 58.5 Å². The average Bonchev–Trinajstić information content (AvgIpc) is 2.63. The molecule has 1 aliphatic rings. The summed E-state index contributed by atoms with van der Waals surface area (Å²) in [4.78, 5) is 24.5. The van der Waals surface area contributed by atoms with E-state index in [2.05, 4.69) is 5.32 Å². The minimum Gasteiger partial charge on any atom is -0.497 e. The molecule has 0 unspecified atom stereocenters. The molecule has 1 atom stereocenters. The van der Waals surface area contributed by atoms with Crippen molar-refractivity contribution in [2.24, 2.45) is 0 Å². The van der Waals surface area contributed by atoms with Crippen LogP contribution in [0.4, 0.5) is 4.79 Å². The summed E-state index contributed by atoms with van der Waals surface area (Å²) >= 11 is 0. The van der Waals surface area contributed by atoms with E-state index in [0.29, 0.717) is 5.76 Å². The third kappa shape index (κ3) is 6.13. The molecule has 0 radical (unpaired) electrons. The Morgan fingerprint density at radius 3 is 2.42 bits per heavy atom. The fourth-order valence-electron chi connectivity index (χ4n) is 3.36. The number of ether oxygens (including phenoxy) is 4. The first-order chi connectivity index (χ1) is 14.4. The van der Waals surface area contributed by atoms with Crippen molar-refractivity contribution in [1.29, 1.82) is 0 Å². The molecule has 31 heavy (non-hydrogen) atoms. The maximum atomic E-state index is 12.5. The summed E-state index contributed by atoms with van der Waals surface area (Å²) in [6.45, 7) is 8.73. The average molecular weight is 427 g/mol. The number of esters is 1. The van der Waals surface area contributed by atoms with Crippen molar-refractivity contribution >= 4 is 22.8 Å². The van der Waals surface area contributed by atoms with Gasteiger partial charge in [0.05, 0.1) is 19.2 Å². The maximum Gasteiger partial charge on any atom is 0.408 e. The van der Waals surface area contributed by atoms with Crippen LogP contribution in [0.2, 0.25) is 0 Å². The van der Waals surface area contributed by atoms with Gasteiger partial charge in [-0.1, -0.05) is 18.2 Å². The van der Waals surface area contributed by atoms with Gasteiger partial charge in [0.1, 0.15) is 17.1 Å². The molecule has 0 fully saturated rings. The predicted octanol–water partition coefficient (Wildman–Crippen LogP) is 5.00. The van der Waals surface area contributed by atoms with E-state index in [0.717, 1.165) is 22.1 Å². The van der Waals surface area contributed by atoms with Crippen LogP contribution in [0.1, 0.15) is 52.6 Å². The second-order valence-electron chi connectivity index (χ2n) is 8.91. The summed E-state index contributed by atoms with van der Waals surface area (Å²) in [5.41, 5.74) is 0.214. The van der Waals surface area contributed by atoms with Crippen LogP contribution >= 0.6 is 0 Å². The van der Waals surface area contributed by atoms with Crippen LogP contribution in [0.3, 0.4) is 0 Å². The van der Waals surface area contributed by atoms with E-state index < -0.39 is 29.5 Å². The van der Waals surface area contributed by atoms with Gasteiger partial charge in [-0.15, -0.1) is 0 Å². The summed E-state index contributed by atoms with van der Waals surface area (Å²) in [5, 5.41) is 4.91. The molecule has 0 aliphatic carbocycles. The van der Waals surface area contributed by atoms with Crippen LogP contribution in [0.25, 0.3) is 10.8 Å². The smallest absolute Gasteiger partial charge is 0.408 e. The van der Waals surface area contributed by atoms with Gasteiger partial charge in [0.25, 0.3) is 0 Å². The molecule has 7 nitrogen and oxygen atoms in total. The molecule has 1 heterocycles. The van der Waals surface area contributed by atoms with E-state index in [-0.39, 0.29) is 6.42 Å². The lowest BCUT2D eigenvalue weighted by Gasteiger charge is -2.32. The number of rotatable bonds is 5. The molecule has 0 saturated heterocycles. The van der Waals surface area contributed by atoms with Gasteiger partial charge in [-0.05, 0) is 55.3 Å². The Kier molecular flexibility index (Phi) is 6.15. The molecule has 1 N–H and O–H groups in total. The second kappa shape index (κ2) is 8.49. The second-order valence-corrected chi connectivity index (χ2v) is 8.91. The number of hydrogen-bond donors (Lipinski definition) is 1. The highest BCUT2D eigenvalue weighted by Crippen LogP contribution is 2.31. The van der Waals surface area contributed by atoms with Crippen molar-refractivity contribution in [1.82, 2.24) is 5.32 Å². The molecule has 1 aliphatic heterocycles. The Hall–Kier alpha value is -3.22. The number of alkyl carbamates (subject to hydrolysis) is 1. The van der Waals surface area contributed by atoms with Crippen LogP contribution < -0.4 is 10.1 Å². The molecule has 0 bridgehead atoms. The molecule has 166 valence electrons. The number of fused-ring (bicyclic) bond motifs is 1. The highest BCUT2D eigenvalue weighted by Gasteiger charge is 2.32. The first-order valence-corrected chi connectivity index (χ1v) is 10.1. The third-order valence-electron chi connectivity index (χ3n) is 4.57. The van der Waals surface area contributed by atoms with E-state index in [1.807, 2.05) is 36.4 Å². The summed E-state index contributed by atoms with van der Waals surface area (Å²) in [6.07, 6.45) is 1.02. The zero-order valence-corrected chi connectivity index (χ0v) is 18.8. The van der Waals surface area contributed by atoms with Crippen molar-refractivity contribution in [3.8, 4) is 5.75 Å². The van der Waals surface area contributed by atoms with Gasteiger partial charge in [-0.25, -0.2) is 9.59 Å². The molecule has 0 saturated carbocycles. The minimum absolute atomic E-state index is 0.263. The Morgan fingerprint density at radius 2 is 1.77 bits per heavy atom. The number of methoxy groups -OCH3 is 1. The number of carbonyl (C=O) groups excluding carboxylic acids is 2. The lowest BCUT2D eigenvalue weighted by Crippen LogP contribution is -2.37. The number of carbonyl (C=O) groups is 2. The molecular formula is C24H29NO6. The molecule has 0 aromatic heterocycles. The Bertz CT molecular complexity index is 1020. The standard InChI is InChI=1S/C24H29NO6/c1-23(2,3)31-22(27)25-20(13-19-14-21(26)30-24(4,5)29-19)17-8-7-16-12-18(28-6)10-9-15(16)11-17/h7-12,14,20H,13H2,1-6H3,(H,25,27)/t20-/m1/s1. The van der Waals surface area contributed by atoms with Gasteiger partial charge in [-0.3, -0.25) is 0 Å².